The molecule has 72 valence electrons. The highest BCUT2D eigenvalue weighted by Gasteiger charge is 2.57. The predicted molar refractivity (Wildman–Crippen MR) is 48.2 cm³/mol. The molecule has 5 atom stereocenters. The number of hydrogen-bond acceptors (Lipinski definition) is 1. The first-order valence-corrected chi connectivity index (χ1v) is 5.47. The zero-order chi connectivity index (χ0) is 9.00. The number of rotatable bonds is 2. The van der Waals surface area contributed by atoms with Crippen molar-refractivity contribution in [3.8, 4) is 0 Å². The number of carboxylic acids is 1. The maximum absolute atomic E-state index is 10.7. The lowest BCUT2D eigenvalue weighted by molar-refractivity contribution is -0.142. The molecule has 0 aromatic carbocycles. The van der Waals surface area contributed by atoms with Gasteiger partial charge in [-0.25, -0.2) is 0 Å². The zero-order valence-electron chi connectivity index (χ0n) is 7.78. The van der Waals surface area contributed by atoms with Crippen molar-refractivity contribution in [2.45, 2.75) is 32.1 Å². The van der Waals surface area contributed by atoms with E-state index in [0.29, 0.717) is 12.3 Å². The van der Waals surface area contributed by atoms with Crippen LogP contribution in [0.5, 0.6) is 0 Å². The highest BCUT2D eigenvalue weighted by molar-refractivity contribution is 5.67. The van der Waals surface area contributed by atoms with Gasteiger partial charge in [0.25, 0.3) is 0 Å². The molecule has 2 bridgehead atoms. The van der Waals surface area contributed by atoms with Gasteiger partial charge in [0.2, 0.25) is 0 Å². The van der Waals surface area contributed by atoms with E-state index >= 15 is 0 Å². The second-order valence-electron chi connectivity index (χ2n) is 5.17. The van der Waals surface area contributed by atoms with Gasteiger partial charge in [-0.3, -0.25) is 4.79 Å². The predicted octanol–water partition coefficient (Wildman–Crippen LogP) is 2.14. The van der Waals surface area contributed by atoms with Crippen LogP contribution in [0, 0.1) is 29.6 Å². The molecule has 0 saturated heterocycles. The minimum Gasteiger partial charge on any atom is -0.481 e. The van der Waals surface area contributed by atoms with Gasteiger partial charge < -0.3 is 5.11 Å². The lowest BCUT2D eigenvalue weighted by Gasteiger charge is -2.49. The lowest BCUT2D eigenvalue weighted by atomic mass is 9.55. The number of carbonyl (C=O) groups is 1. The van der Waals surface area contributed by atoms with E-state index < -0.39 is 5.97 Å². The third kappa shape index (κ3) is 0.976. The van der Waals surface area contributed by atoms with Crippen LogP contribution in [0.3, 0.4) is 0 Å². The molecule has 3 aliphatic carbocycles. The summed E-state index contributed by atoms with van der Waals surface area (Å²) in [7, 11) is 0. The summed E-state index contributed by atoms with van der Waals surface area (Å²) in [6.07, 6.45) is 5.92. The van der Waals surface area contributed by atoms with E-state index in [1.54, 1.807) is 0 Å². The van der Waals surface area contributed by atoms with Crippen molar-refractivity contribution in [1.29, 1.82) is 0 Å². The van der Waals surface area contributed by atoms with E-state index in [4.69, 9.17) is 5.11 Å². The highest BCUT2D eigenvalue weighted by atomic mass is 16.4. The van der Waals surface area contributed by atoms with Crippen LogP contribution in [0.25, 0.3) is 0 Å². The maximum atomic E-state index is 10.7. The molecule has 3 aliphatic rings. The number of hydrogen-bond donors (Lipinski definition) is 1. The molecular weight excluding hydrogens is 164 g/mol. The Balaban J connectivity index is 1.75. The van der Waals surface area contributed by atoms with E-state index in [9.17, 15) is 4.79 Å². The summed E-state index contributed by atoms with van der Waals surface area (Å²) < 4.78 is 0. The Hall–Kier alpha value is -0.530. The lowest BCUT2D eigenvalue weighted by Crippen LogP contribution is -2.44. The second kappa shape index (κ2) is 2.49. The normalized spacial score (nSPS) is 51.5. The van der Waals surface area contributed by atoms with Crippen LogP contribution in [0.15, 0.2) is 0 Å². The Labute approximate surface area is 78.3 Å². The Morgan fingerprint density at radius 1 is 1.15 bits per heavy atom. The van der Waals surface area contributed by atoms with Gasteiger partial charge in [0.05, 0.1) is 0 Å². The molecule has 4 unspecified atom stereocenters. The molecule has 0 heterocycles. The summed E-state index contributed by atoms with van der Waals surface area (Å²) in [4.78, 5) is 10.7. The van der Waals surface area contributed by atoms with E-state index in [-0.39, 0.29) is 0 Å². The monoisotopic (exact) mass is 180 g/mol. The molecule has 2 nitrogen and oxygen atoms in total. The highest BCUT2D eigenvalue weighted by Crippen LogP contribution is 2.64. The SMILES string of the molecule is O=C(O)CC1C2CCC3CC2[C@H]1C3. The molecule has 0 spiro atoms. The van der Waals surface area contributed by atoms with Crippen LogP contribution in [0.4, 0.5) is 0 Å². The van der Waals surface area contributed by atoms with E-state index in [0.717, 1.165) is 23.7 Å². The molecule has 3 fully saturated rings. The molecule has 0 aliphatic heterocycles. The van der Waals surface area contributed by atoms with Crippen molar-refractivity contribution in [2.24, 2.45) is 29.6 Å². The minimum absolute atomic E-state index is 0.443. The summed E-state index contributed by atoms with van der Waals surface area (Å²) in [5.74, 6) is 3.45. The van der Waals surface area contributed by atoms with Gasteiger partial charge in [0.1, 0.15) is 0 Å². The van der Waals surface area contributed by atoms with Crippen molar-refractivity contribution >= 4 is 5.97 Å². The first-order valence-electron chi connectivity index (χ1n) is 5.47. The van der Waals surface area contributed by atoms with Crippen molar-refractivity contribution < 1.29 is 9.90 Å². The first-order chi connectivity index (χ1) is 6.25. The van der Waals surface area contributed by atoms with Crippen LogP contribution in [-0.4, -0.2) is 11.1 Å². The number of aliphatic carboxylic acids is 1. The molecule has 0 aromatic rings. The summed E-state index contributed by atoms with van der Waals surface area (Å²) in [5.41, 5.74) is 0. The largest absolute Gasteiger partial charge is 0.481 e. The fraction of sp³-hybridized carbons (Fsp3) is 0.909. The van der Waals surface area contributed by atoms with Crippen LogP contribution in [0.2, 0.25) is 0 Å². The van der Waals surface area contributed by atoms with Gasteiger partial charge in [0.15, 0.2) is 0 Å². The molecule has 3 saturated carbocycles. The summed E-state index contributed by atoms with van der Waals surface area (Å²) in [6, 6.07) is 0. The van der Waals surface area contributed by atoms with Crippen molar-refractivity contribution in [2.75, 3.05) is 0 Å². The van der Waals surface area contributed by atoms with Gasteiger partial charge in [-0.1, -0.05) is 6.42 Å². The van der Waals surface area contributed by atoms with Crippen molar-refractivity contribution in [1.82, 2.24) is 0 Å². The third-order valence-corrected chi connectivity index (χ3v) is 4.73. The molecule has 3 rings (SSSR count). The molecule has 2 heteroatoms. The van der Waals surface area contributed by atoms with E-state index in [1.165, 1.54) is 25.7 Å². The van der Waals surface area contributed by atoms with Gasteiger partial charge in [-0.15, -0.1) is 0 Å². The number of fused-ring (bicyclic) bond motifs is 1. The third-order valence-electron chi connectivity index (χ3n) is 4.73. The quantitative estimate of drug-likeness (QED) is 0.707. The van der Waals surface area contributed by atoms with Crippen LogP contribution < -0.4 is 0 Å². The van der Waals surface area contributed by atoms with Crippen LogP contribution in [-0.2, 0) is 4.79 Å². The molecule has 0 amide bonds. The summed E-state index contributed by atoms with van der Waals surface area (Å²) in [6.45, 7) is 0. The van der Waals surface area contributed by atoms with Crippen LogP contribution >= 0.6 is 0 Å². The van der Waals surface area contributed by atoms with Crippen LogP contribution in [0.1, 0.15) is 32.1 Å². The van der Waals surface area contributed by atoms with Gasteiger partial charge in [-0.2, -0.15) is 0 Å². The molecule has 0 radical (unpaired) electrons. The van der Waals surface area contributed by atoms with Gasteiger partial charge in [-0.05, 0) is 48.9 Å². The topological polar surface area (TPSA) is 37.3 Å². The van der Waals surface area contributed by atoms with Gasteiger partial charge >= 0.3 is 5.97 Å². The average molecular weight is 180 g/mol. The first kappa shape index (κ1) is 7.84. The Kier molecular flexibility index (Phi) is 1.50. The zero-order valence-corrected chi connectivity index (χ0v) is 7.78. The number of carboxylic acid groups (broad SMARTS) is 1. The molecule has 0 aromatic heterocycles. The Bertz CT molecular complexity index is 242. The summed E-state index contributed by atoms with van der Waals surface area (Å²) >= 11 is 0. The van der Waals surface area contributed by atoms with Crippen molar-refractivity contribution in [3.05, 3.63) is 0 Å². The summed E-state index contributed by atoms with van der Waals surface area (Å²) in [5, 5.41) is 8.80. The van der Waals surface area contributed by atoms with E-state index in [2.05, 4.69) is 0 Å². The van der Waals surface area contributed by atoms with Gasteiger partial charge in [0, 0.05) is 6.42 Å². The molecule has 1 N–H and O–H groups in total. The maximum Gasteiger partial charge on any atom is 0.303 e. The standard InChI is InChI=1S/C11H16O2/c12-11(13)5-10-7-2-1-6-3-8(7)9(10)4-6/h6-10H,1-5H2,(H,12,13)/t6?,7?,8?,9-,10?/m1/s1. The smallest absolute Gasteiger partial charge is 0.303 e. The Morgan fingerprint density at radius 2 is 1.92 bits per heavy atom. The van der Waals surface area contributed by atoms with Crippen molar-refractivity contribution in [3.63, 3.8) is 0 Å². The molecule has 13 heavy (non-hydrogen) atoms. The van der Waals surface area contributed by atoms with E-state index in [1.807, 2.05) is 0 Å². The molecular formula is C11H16O2. The Morgan fingerprint density at radius 3 is 2.69 bits per heavy atom. The minimum atomic E-state index is -0.584. The fourth-order valence-corrected chi connectivity index (χ4v) is 4.29. The average Bonchev–Trinajstić information content (AvgIpc) is 2.26. The second-order valence-corrected chi connectivity index (χ2v) is 5.17. The fourth-order valence-electron chi connectivity index (χ4n) is 4.29.